The molecule has 0 aliphatic carbocycles. The lowest BCUT2D eigenvalue weighted by molar-refractivity contribution is -0.117. The maximum Gasteiger partial charge on any atom is 0.240 e. The quantitative estimate of drug-likeness (QED) is 0.791. The van der Waals surface area contributed by atoms with Crippen molar-refractivity contribution in [3.63, 3.8) is 0 Å². The molecule has 6 nitrogen and oxygen atoms in total. The van der Waals surface area contributed by atoms with Crippen LogP contribution < -0.4 is 10.6 Å². The molecule has 0 bridgehead atoms. The van der Waals surface area contributed by atoms with E-state index in [-0.39, 0.29) is 11.9 Å². The fraction of sp³-hybridized carbons (Fsp3) is 0.167. The van der Waals surface area contributed by atoms with Crippen LogP contribution >= 0.6 is 0 Å². The number of anilines is 2. The van der Waals surface area contributed by atoms with Crippen LogP contribution in [0.1, 0.15) is 5.56 Å². The number of carbonyl (C=O) groups excluding carboxylic acids is 1. The predicted octanol–water partition coefficient (Wildman–Crippen LogP) is 0.640. The summed E-state index contributed by atoms with van der Waals surface area (Å²) in [4.78, 5) is 17.4. The van der Waals surface area contributed by atoms with Gasteiger partial charge < -0.3 is 10.6 Å². The van der Waals surface area contributed by atoms with Gasteiger partial charge in [0.15, 0.2) is 0 Å². The van der Waals surface area contributed by atoms with Gasteiger partial charge in [0.1, 0.15) is 0 Å². The van der Waals surface area contributed by atoms with E-state index in [1.807, 2.05) is 18.2 Å². The third kappa shape index (κ3) is 1.58. The second-order valence-electron chi connectivity index (χ2n) is 4.17. The third-order valence-electron chi connectivity index (χ3n) is 3.03. The summed E-state index contributed by atoms with van der Waals surface area (Å²) in [5.74, 6) is 0.240. The first-order valence-corrected chi connectivity index (χ1v) is 5.50. The Kier molecular flexibility index (Phi) is 2.22. The van der Waals surface area contributed by atoms with Crippen LogP contribution in [0.15, 0.2) is 24.4 Å². The van der Waals surface area contributed by atoms with Crippen molar-refractivity contribution in [3.05, 3.63) is 30.0 Å². The predicted molar refractivity (Wildman–Crippen MR) is 66.8 cm³/mol. The van der Waals surface area contributed by atoms with Gasteiger partial charge in [0.2, 0.25) is 11.9 Å². The van der Waals surface area contributed by atoms with Crippen molar-refractivity contribution < 1.29 is 4.79 Å². The highest BCUT2D eigenvalue weighted by Crippen LogP contribution is 2.31. The molecule has 0 saturated carbocycles. The van der Waals surface area contributed by atoms with E-state index in [1.165, 1.54) is 0 Å². The Labute approximate surface area is 103 Å². The van der Waals surface area contributed by atoms with Crippen LogP contribution in [0.4, 0.5) is 11.6 Å². The number of rotatable bonds is 1. The second kappa shape index (κ2) is 3.76. The normalized spacial score (nSPS) is 13.8. The monoisotopic (exact) mass is 241 g/mol. The molecule has 1 aromatic heterocycles. The lowest BCUT2D eigenvalue weighted by Gasteiger charge is -2.10. The standard InChI is InChI=1S/C12H11N5O/c1-17-10-3-2-7(4-8(10)5-11(17)18)9-6-14-16-12(13)15-9/h2-4,6H,5H2,1H3,(H2,13,15,16). The second-order valence-corrected chi connectivity index (χ2v) is 4.17. The lowest BCUT2D eigenvalue weighted by Crippen LogP contribution is -2.20. The Morgan fingerprint density at radius 2 is 2.22 bits per heavy atom. The Bertz CT molecular complexity index is 640. The largest absolute Gasteiger partial charge is 0.366 e. The Hall–Kier alpha value is -2.50. The summed E-state index contributed by atoms with van der Waals surface area (Å²) in [6.45, 7) is 0. The number of amides is 1. The molecule has 0 spiro atoms. The molecule has 1 aromatic carbocycles. The molecule has 1 amide bonds. The van der Waals surface area contributed by atoms with E-state index < -0.39 is 0 Å². The summed E-state index contributed by atoms with van der Waals surface area (Å²) in [5, 5.41) is 7.39. The molecule has 0 atom stereocenters. The first-order chi connectivity index (χ1) is 8.65. The number of hydrogen-bond donors (Lipinski definition) is 1. The van der Waals surface area contributed by atoms with Crippen molar-refractivity contribution in [3.8, 4) is 11.3 Å². The van der Waals surface area contributed by atoms with Gasteiger partial charge in [-0.25, -0.2) is 4.98 Å². The third-order valence-corrected chi connectivity index (χ3v) is 3.03. The Morgan fingerprint density at radius 1 is 1.39 bits per heavy atom. The highest BCUT2D eigenvalue weighted by Gasteiger charge is 2.24. The summed E-state index contributed by atoms with van der Waals surface area (Å²) < 4.78 is 0. The number of fused-ring (bicyclic) bond motifs is 1. The zero-order valence-corrected chi connectivity index (χ0v) is 9.79. The van der Waals surface area contributed by atoms with Crippen molar-refractivity contribution in [1.82, 2.24) is 15.2 Å². The molecule has 2 aromatic rings. The van der Waals surface area contributed by atoms with Gasteiger partial charge in [0.05, 0.1) is 18.3 Å². The highest BCUT2D eigenvalue weighted by atomic mass is 16.2. The van der Waals surface area contributed by atoms with Gasteiger partial charge in [-0.1, -0.05) is 6.07 Å². The highest BCUT2D eigenvalue weighted by molar-refractivity contribution is 6.01. The van der Waals surface area contributed by atoms with Gasteiger partial charge in [-0.2, -0.15) is 5.10 Å². The molecule has 0 saturated heterocycles. The van der Waals surface area contributed by atoms with Crippen LogP contribution in [0.25, 0.3) is 11.3 Å². The fourth-order valence-corrected chi connectivity index (χ4v) is 2.09. The van der Waals surface area contributed by atoms with Crippen LogP contribution in [-0.2, 0) is 11.2 Å². The number of nitrogens with two attached hydrogens (primary N) is 1. The van der Waals surface area contributed by atoms with Crippen LogP contribution in [0.5, 0.6) is 0 Å². The van der Waals surface area contributed by atoms with E-state index in [4.69, 9.17) is 5.73 Å². The molecular formula is C12H11N5O. The zero-order valence-electron chi connectivity index (χ0n) is 9.79. The van der Waals surface area contributed by atoms with Crippen LogP contribution in [0.3, 0.4) is 0 Å². The fourth-order valence-electron chi connectivity index (χ4n) is 2.09. The first-order valence-electron chi connectivity index (χ1n) is 5.50. The summed E-state index contributed by atoms with van der Waals surface area (Å²) in [5.41, 5.74) is 8.99. The average molecular weight is 241 g/mol. The number of nitrogens with zero attached hydrogens (tertiary/aromatic N) is 4. The summed E-state index contributed by atoms with van der Waals surface area (Å²) in [6, 6.07) is 5.76. The topological polar surface area (TPSA) is 85.0 Å². The molecule has 18 heavy (non-hydrogen) atoms. The average Bonchev–Trinajstić information content (AvgIpc) is 2.65. The molecule has 2 N–H and O–H groups in total. The van der Waals surface area contributed by atoms with E-state index in [0.717, 1.165) is 16.8 Å². The summed E-state index contributed by atoms with van der Waals surface area (Å²) in [7, 11) is 1.78. The van der Waals surface area contributed by atoms with Gasteiger partial charge in [-0.3, -0.25) is 4.79 Å². The molecular weight excluding hydrogens is 230 g/mol. The maximum absolute atomic E-state index is 11.6. The molecule has 1 aliphatic rings. The molecule has 3 rings (SSSR count). The minimum atomic E-state index is 0.0995. The number of hydrogen-bond acceptors (Lipinski definition) is 5. The smallest absolute Gasteiger partial charge is 0.240 e. The maximum atomic E-state index is 11.6. The van der Waals surface area contributed by atoms with E-state index in [9.17, 15) is 4.79 Å². The number of carbonyl (C=O) groups is 1. The molecule has 0 fully saturated rings. The van der Waals surface area contributed by atoms with Crippen molar-refractivity contribution in [2.24, 2.45) is 0 Å². The van der Waals surface area contributed by atoms with Crippen LogP contribution in [0.2, 0.25) is 0 Å². The number of nitrogen functional groups attached to an aromatic ring is 1. The van der Waals surface area contributed by atoms with Gasteiger partial charge in [-0.05, 0) is 17.7 Å². The van der Waals surface area contributed by atoms with E-state index in [1.54, 1.807) is 18.1 Å². The lowest BCUT2D eigenvalue weighted by atomic mass is 10.1. The minimum absolute atomic E-state index is 0.0995. The molecule has 1 aliphatic heterocycles. The van der Waals surface area contributed by atoms with E-state index in [2.05, 4.69) is 15.2 Å². The van der Waals surface area contributed by atoms with Crippen LogP contribution in [-0.4, -0.2) is 28.1 Å². The van der Waals surface area contributed by atoms with Gasteiger partial charge in [0.25, 0.3) is 0 Å². The van der Waals surface area contributed by atoms with Gasteiger partial charge in [-0.15, -0.1) is 5.10 Å². The Morgan fingerprint density at radius 3 is 3.00 bits per heavy atom. The molecule has 0 radical (unpaired) electrons. The molecule has 6 heteroatoms. The molecule has 0 unspecified atom stereocenters. The van der Waals surface area contributed by atoms with Crippen LogP contribution in [0, 0.1) is 0 Å². The number of aromatic nitrogens is 3. The summed E-state index contributed by atoms with van der Waals surface area (Å²) in [6.07, 6.45) is 1.98. The van der Waals surface area contributed by atoms with Gasteiger partial charge in [0, 0.05) is 18.3 Å². The SMILES string of the molecule is CN1C(=O)Cc2cc(-c3cnnc(N)n3)ccc21. The summed E-state index contributed by atoms with van der Waals surface area (Å²) >= 11 is 0. The molecule has 90 valence electrons. The molecule has 2 heterocycles. The number of benzene rings is 1. The van der Waals surface area contributed by atoms with Crippen molar-refractivity contribution in [2.45, 2.75) is 6.42 Å². The van der Waals surface area contributed by atoms with Crippen molar-refractivity contribution in [2.75, 3.05) is 17.7 Å². The Balaban J connectivity index is 2.07. The first kappa shape index (κ1) is 10.6. The number of likely N-dealkylation sites (N-methyl/N-ethyl adjacent to an activating group) is 1. The zero-order chi connectivity index (χ0) is 12.7. The minimum Gasteiger partial charge on any atom is -0.366 e. The van der Waals surface area contributed by atoms with Crippen molar-refractivity contribution in [1.29, 1.82) is 0 Å². The van der Waals surface area contributed by atoms with Crippen molar-refractivity contribution >= 4 is 17.5 Å². The van der Waals surface area contributed by atoms with E-state index in [0.29, 0.717) is 12.1 Å². The van der Waals surface area contributed by atoms with Gasteiger partial charge >= 0.3 is 0 Å². The van der Waals surface area contributed by atoms with E-state index >= 15 is 0 Å².